The third-order valence-corrected chi connectivity index (χ3v) is 5.00. The summed E-state index contributed by atoms with van der Waals surface area (Å²) in [6, 6.07) is 1.69. The number of carbonyl (C=O) groups is 1. The van der Waals surface area contributed by atoms with Crippen LogP contribution in [0.4, 0.5) is 0 Å². The highest BCUT2D eigenvalue weighted by Gasteiger charge is 2.27. The Bertz CT molecular complexity index is 420. The van der Waals surface area contributed by atoms with Crippen molar-refractivity contribution in [2.24, 2.45) is 5.41 Å². The molecule has 104 valence electrons. The Kier molecular flexibility index (Phi) is 6.33. The maximum atomic E-state index is 11.6. The Morgan fingerprint density at radius 2 is 2.00 bits per heavy atom. The maximum absolute atomic E-state index is 11.6. The monoisotopic (exact) mass is 275 g/mol. The van der Waals surface area contributed by atoms with Crippen molar-refractivity contribution in [3.8, 4) is 6.07 Å². The highest BCUT2D eigenvalue weighted by atomic mass is 32.2. The fourth-order valence-electron chi connectivity index (χ4n) is 1.02. The topological polar surface area (TPSA) is 84.2 Å². The van der Waals surface area contributed by atoms with E-state index in [1.54, 1.807) is 19.9 Å². The maximum Gasteiger partial charge on any atom is 0.311 e. The van der Waals surface area contributed by atoms with E-state index < -0.39 is 20.5 Å². The van der Waals surface area contributed by atoms with Crippen LogP contribution in [0.5, 0.6) is 0 Å². The standard InChI is InChI=1S/C12H21NO4S/c1-5-12(3,4)11(14)17-7-6-8-18(15,16)10(2)9-13/h10H,5-8H2,1-4H3. The van der Waals surface area contributed by atoms with Gasteiger partial charge in [-0.15, -0.1) is 0 Å². The van der Waals surface area contributed by atoms with Gasteiger partial charge in [0, 0.05) is 0 Å². The molecule has 0 aromatic rings. The van der Waals surface area contributed by atoms with Gasteiger partial charge in [-0.2, -0.15) is 5.26 Å². The SMILES string of the molecule is CCC(C)(C)C(=O)OCCCS(=O)(=O)C(C)C#N. The van der Waals surface area contributed by atoms with Crippen LogP contribution in [0.1, 0.15) is 40.5 Å². The summed E-state index contributed by atoms with van der Waals surface area (Å²) < 4.78 is 28.0. The first-order valence-corrected chi connectivity index (χ1v) is 7.67. The summed E-state index contributed by atoms with van der Waals surface area (Å²) in [7, 11) is -3.40. The Labute approximate surface area is 109 Å². The summed E-state index contributed by atoms with van der Waals surface area (Å²) in [6.45, 7) is 6.87. The molecule has 0 saturated carbocycles. The van der Waals surface area contributed by atoms with Gasteiger partial charge in [0.1, 0.15) is 5.25 Å². The third kappa shape index (κ3) is 5.05. The number of ether oxygens (including phenoxy) is 1. The van der Waals surface area contributed by atoms with Crippen LogP contribution < -0.4 is 0 Å². The van der Waals surface area contributed by atoms with Gasteiger partial charge in [0.2, 0.25) is 0 Å². The fourth-order valence-corrected chi connectivity index (χ4v) is 2.06. The van der Waals surface area contributed by atoms with E-state index in [-0.39, 0.29) is 24.7 Å². The Morgan fingerprint density at radius 1 is 1.44 bits per heavy atom. The molecule has 0 spiro atoms. The number of esters is 1. The quantitative estimate of drug-likeness (QED) is 0.521. The number of carbonyl (C=O) groups excluding carboxylic acids is 1. The van der Waals surface area contributed by atoms with Gasteiger partial charge < -0.3 is 4.74 Å². The van der Waals surface area contributed by atoms with Crippen molar-refractivity contribution in [2.75, 3.05) is 12.4 Å². The van der Waals surface area contributed by atoms with Crippen LogP contribution in [0.25, 0.3) is 0 Å². The first-order valence-electron chi connectivity index (χ1n) is 5.95. The summed E-state index contributed by atoms with van der Waals surface area (Å²) in [5.41, 5.74) is -0.543. The van der Waals surface area contributed by atoms with Crippen LogP contribution in [0.3, 0.4) is 0 Å². The number of nitriles is 1. The van der Waals surface area contributed by atoms with Gasteiger partial charge in [-0.25, -0.2) is 8.42 Å². The molecule has 18 heavy (non-hydrogen) atoms. The summed E-state index contributed by atoms with van der Waals surface area (Å²) in [4.78, 5) is 11.6. The van der Waals surface area contributed by atoms with Gasteiger partial charge in [0.25, 0.3) is 0 Å². The molecule has 5 nitrogen and oxygen atoms in total. The molecule has 0 saturated heterocycles. The molecule has 0 aromatic heterocycles. The molecule has 0 aliphatic heterocycles. The highest BCUT2D eigenvalue weighted by Crippen LogP contribution is 2.21. The molecule has 0 fully saturated rings. The molecule has 0 amide bonds. The molecule has 0 aliphatic carbocycles. The summed E-state index contributed by atoms with van der Waals surface area (Å²) in [5.74, 6) is -0.461. The van der Waals surface area contributed by atoms with E-state index >= 15 is 0 Å². The lowest BCUT2D eigenvalue weighted by atomic mass is 9.91. The zero-order chi connectivity index (χ0) is 14.4. The van der Waals surface area contributed by atoms with Gasteiger partial charge in [-0.05, 0) is 33.6 Å². The minimum absolute atomic E-state index is 0.0691. The van der Waals surface area contributed by atoms with E-state index in [4.69, 9.17) is 10.00 Å². The predicted molar refractivity (Wildman–Crippen MR) is 68.5 cm³/mol. The predicted octanol–water partition coefficient (Wildman–Crippen LogP) is 1.68. The molecule has 1 atom stereocenters. The smallest absolute Gasteiger partial charge is 0.311 e. The second kappa shape index (κ2) is 6.74. The van der Waals surface area contributed by atoms with Gasteiger partial charge in [-0.3, -0.25) is 4.79 Å². The molecule has 0 bridgehead atoms. The molecule has 0 rings (SSSR count). The number of rotatable bonds is 7. The largest absolute Gasteiger partial charge is 0.465 e. The van der Waals surface area contributed by atoms with Crippen LogP contribution in [-0.4, -0.2) is 32.0 Å². The molecular weight excluding hydrogens is 254 g/mol. The van der Waals surface area contributed by atoms with Gasteiger partial charge >= 0.3 is 5.97 Å². The van der Waals surface area contributed by atoms with Crippen LogP contribution in [-0.2, 0) is 19.4 Å². The van der Waals surface area contributed by atoms with Crippen molar-refractivity contribution >= 4 is 15.8 Å². The van der Waals surface area contributed by atoms with Crippen LogP contribution in [0.2, 0.25) is 0 Å². The lowest BCUT2D eigenvalue weighted by molar-refractivity contribution is -0.154. The van der Waals surface area contributed by atoms with Crippen molar-refractivity contribution in [3.63, 3.8) is 0 Å². The van der Waals surface area contributed by atoms with Crippen molar-refractivity contribution in [1.82, 2.24) is 0 Å². The Morgan fingerprint density at radius 3 is 2.44 bits per heavy atom. The minimum Gasteiger partial charge on any atom is -0.465 e. The number of nitrogens with zero attached hydrogens (tertiary/aromatic N) is 1. The average Bonchev–Trinajstić information content (AvgIpc) is 2.32. The summed E-state index contributed by atoms with van der Waals surface area (Å²) >= 11 is 0. The van der Waals surface area contributed by atoms with E-state index in [1.165, 1.54) is 6.92 Å². The van der Waals surface area contributed by atoms with Crippen LogP contribution in [0.15, 0.2) is 0 Å². The van der Waals surface area contributed by atoms with Crippen molar-refractivity contribution in [1.29, 1.82) is 5.26 Å². The first kappa shape index (κ1) is 16.9. The van der Waals surface area contributed by atoms with E-state index in [0.29, 0.717) is 6.42 Å². The first-order chi connectivity index (χ1) is 8.17. The van der Waals surface area contributed by atoms with E-state index in [9.17, 15) is 13.2 Å². The van der Waals surface area contributed by atoms with E-state index in [1.807, 2.05) is 6.92 Å². The molecule has 0 radical (unpaired) electrons. The molecule has 0 N–H and O–H groups in total. The summed E-state index contributed by atoms with van der Waals surface area (Å²) in [5, 5.41) is 7.53. The normalized spacial score (nSPS) is 13.7. The van der Waals surface area contributed by atoms with Crippen LogP contribution >= 0.6 is 0 Å². The van der Waals surface area contributed by atoms with Crippen molar-refractivity contribution < 1.29 is 17.9 Å². The number of hydrogen-bond donors (Lipinski definition) is 0. The second-order valence-corrected chi connectivity index (χ2v) is 7.31. The van der Waals surface area contributed by atoms with Gasteiger partial charge in [0.15, 0.2) is 9.84 Å². The number of hydrogen-bond acceptors (Lipinski definition) is 5. The zero-order valence-corrected chi connectivity index (χ0v) is 12.2. The zero-order valence-electron chi connectivity index (χ0n) is 11.4. The molecule has 6 heteroatoms. The van der Waals surface area contributed by atoms with Crippen LogP contribution in [0, 0.1) is 16.7 Å². The lowest BCUT2D eigenvalue weighted by Crippen LogP contribution is -2.27. The summed E-state index contributed by atoms with van der Waals surface area (Å²) in [6.07, 6.45) is 0.884. The van der Waals surface area contributed by atoms with Crippen molar-refractivity contribution in [3.05, 3.63) is 0 Å². The molecule has 0 aromatic carbocycles. The Hall–Kier alpha value is -1.09. The van der Waals surface area contributed by atoms with Gasteiger partial charge in [0.05, 0.1) is 23.8 Å². The molecule has 0 aliphatic rings. The van der Waals surface area contributed by atoms with Crippen molar-refractivity contribution in [2.45, 2.75) is 45.8 Å². The van der Waals surface area contributed by atoms with Gasteiger partial charge in [-0.1, -0.05) is 6.92 Å². The van der Waals surface area contributed by atoms with E-state index in [0.717, 1.165) is 0 Å². The van der Waals surface area contributed by atoms with E-state index in [2.05, 4.69) is 0 Å². The number of sulfone groups is 1. The third-order valence-electron chi connectivity index (χ3n) is 2.96. The fraction of sp³-hybridized carbons (Fsp3) is 0.833. The lowest BCUT2D eigenvalue weighted by Gasteiger charge is -2.20. The molecular formula is C12H21NO4S. The minimum atomic E-state index is -3.40. The molecule has 1 unspecified atom stereocenters. The second-order valence-electron chi connectivity index (χ2n) is 4.87. The highest BCUT2D eigenvalue weighted by molar-refractivity contribution is 7.92. The molecule has 0 heterocycles. The Balaban J connectivity index is 4.11. The average molecular weight is 275 g/mol.